The van der Waals surface area contributed by atoms with Crippen LogP contribution in [0.1, 0.15) is 25.3 Å². The summed E-state index contributed by atoms with van der Waals surface area (Å²) in [6.45, 7) is 3.93. The van der Waals surface area contributed by atoms with Crippen LogP contribution in [-0.2, 0) is 6.54 Å². The highest BCUT2D eigenvalue weighted by Crippen LogP contribution is 2.16. The molecule has 1 aromatic rings. The van der Waals surface area contributed by atoms with Gasteiger partial charge in [0.2, 0.25) is 0 Å². The molecule has 1 aromatic carbocycles. The highest BCUT2D eigenvalue weighted by Gasteiger charge is 2.24. The first-order valence-electron chi connectivity index (χ1n) is 5.91. The molecule has 1 atom stereocenters. The molecule has 1 unspecified atom stereocenters. The van der Waals surface area contributed by atoms with Crippen LogP contribution in [0.4, 0.5) is 0 Å². The third kappa shape index (κ3) is 2.35. The molecule has 3 nitrogen and oxygen atoms in total. The van der Waals surface area contributed by atoms with Crippen molar-refractivity contribution in [3.8, 4) is 0 Å². The lowest BCUT2D eigenvalue weighted by molar-refractivity contribution is 0.315. The molecule has 0 saturated carbocycles. The van der Waals surface area contributed by atoms with Crippen LogP contribution in [0.2, 0.25) is 0 Å². The Labute approximate surface area is 97.0 Å². The van der Waals surface area contributed by atoms with Gasteiger partial charge in [-0.05, 0) is 12.0 Å². The summed E-state index contributed by atoms with van der Waals surface area (Å²) in [4.78, 5) is 6.56. The minimum Gasteiger partial charge on any atom is -0.370 e. The van der Waals surface area contributed by atoms with E-state index in [1.165, 1.54) is 12.0 Å². The van der Waals surface area contributed by atoms with Gasteiger partial charge in [-0.25, -0.2) is 0 Å². The molecule has 86 valence electrons. The van der Waals surface area contributed by atoms with E-state index in [0.717, 1.165) is 19.5 Å². The van der Waals surface area contributed by atoms with Gasteiger partial charge in [-0.2, -0.15) is 0 Å². The van der Waals surface area contributed by atoms with Crippen molar-refractivity contribution >= 4 is 5.96 Å². The lowest BCUT2D eigenvalue weighted by Gasteiger charge is -2.26. The van der Waals surface area contributed by atoms with Crippen LogP contribution in [0.25, 0.3) is 0 Å². The second-order valence-electron chi connectivity index (χ2n) is 4.25. The number of hydrogen-bond acceptors (Lipinski definition) is 3. The molecule has 0 aliphatic carbocycles. The van der Waals surface area contributed by atoms with Gasteiger partial charge in [-0.15, -0.1) is 0 Å². The predicted molar refractivity (Wildman–Crippen MR) is 67.2 cm³/mol. The first kappa shape index (κ1) is 11.0. The molecular weight excluding hydrogens is 198 g/mol. The first-order valence-corrected chi connectivity index (χ1v) is 5.91. The van der Waals surface area contributed by atoms with Gasteiger partial charge < -0.3 is 10.6 Å². The Morgan fingerprint density at radius 2 is 2.12 bits per heavy atom. The van der Waals surface area contributed by atoms with E-state index in [0.29, 0.717) is 12.0 Å². The minimum absolute atomic E-state index is 0.491. The van der Waals surface area contributed by atoms with E-state index in [-0.39, 0.29) is 0 Å². The van der Waals surface area contributed by atoms with Crippen molar-refractivity contribution in [2.75, 3.05) is 6.54 Å². The highest BCUT2D eigenvalue weighted by atomic mass is 15.3. The van der Waals surface area contributed by atoms with Crippen molar-refractivity contribution < 1.29 is 0 Å². The molecule has 0 aromatic heterocycles. The fourth-order valence-corrected chi connectivity index (χ4v) is 2.15. The van der Waals surface area contributed by atoms with E-state index in [4.69, 9.17) is 5.73 Å². The Balaban J connectivity index is 2.04. The average molecular weight is 217 g/mol. The molecule has 3 heteroatoms. The molecule has 16 heavy (non-hydrogen) atoms. The van der Waals surface area contributed by atoms with Crippen molar-refractivity contribution in [1.29, 1.82) is 0 Å². The molecule has 2 N–H and O–H groups in total. The standard InChI is InChI=1S/C13H19N3/c1-2-6-12-9-15-13(14)16(12)10-11-7-4-3-5-8-11/h3-5,7-8,12H,2,6,9-10H2,1H3,(H2,14,15). The third-order valence-corrected chi connectivity index (χ3v) is 3.02. The summed E-state index contributed by atoms with van der Waals surface area (Å²) in [5.74, 6) is 0.697. The largest absolute Gasteiger partial charge is 0.370 e. The second kappa shape index (κ2) is 5.01. The van der Waals surface area contributed by atoms with Gasteiger partial charge in [0.15, 0.2) is 5.96 Å². The van der Waals surface area contributed by atoms with Gasteiger partial charge in [0.1, 0.15) is 0 Å². The maximum Gasteiger partial charge on any atom is 0.191 e. The fourth-order valence-electron chi connectivity index (χ4n) is 2.15. The van der Waals surface area contributed by atoms with Gasteiger partial charge >= 0.3 is 0 Å². The summed E-state index contributed by atoms with van der Waals surface area (Å²) in [5, 5.41) is 0. The fraction of sp³-hybridized carbons (Fsp3) is 0.462. The first-order chi connectivity index (χ1) is 7.81. The van der Waals surface area contributed by atoms with Gasteiger partial charge in [0.05, 0.1) is 12.6 Å². The quantitative estimate of drug-likeness (QED) is 0.838. The average Bonchev–Trinajstić information content (AvgIpc) is 2.64. The molecule has 1 aliphatic heterocycles. The van der Waals surface area contributed by atoms with E-state index < -0.39 is 0 Å². The van der Waals surface area contributed by atoms with Crippen LogP contribution in [0.3, 0.4) is 0 Å². The number of nitrogens with zero attached hydrogens (tertiary/aromatic N) is 2. The lowest BCUT2D eigenvalue weighted by atomic mass is 10.1. The second-order valence-corrected chi connectivity index (χ2v) is 4.25. The number of hydrogen-bond donors (Lipinski definition) is 1. The zero-order valence-electron chi connectivity index (χ0n) is 9.76. The summed E-state index contributed by atoms with van der Waals surface area (Å²) < 4.78 is 0. The zero-order chi connectivity index (χ0) is 11.4. The predicted octanol–water partition coefficient (Wildman–Crippen LogP) is 1.99. The monoisotopic (exact) mass is 217 g/mol. The number of nitrogens with two attached hydrogens (primary N) is 1. The normalized spacial score (nSPS) is 19.9. The highest BCUT2D eigenvalue weighted by molar-refractivity contribution is 5.80. The lowest BCUT2D eigenvalue weighted by Crippen LogP contribution is -2.39. The van der Waals surface area contributed by atoms with E-state index in [2.05, 4.69) is 41.1 Å². The molecule has 1 heterocycles. The Morgan fingerprint density at radius 3 is 2.81 bits per heavy atom. The minimum atomic E-state index is 0.491. The van der Waals surface area contributed by atoms with Crippen molar-refractivity contribution in [2.45, 2.75) is 32.4 Å². The van der Waals surface area contributed by atoms with Crippen LogP contribution in [0.15, 0.2) is 35.3 Å². The third-order valence-electron chi connectivity index (χ3n) is 3.02. The van der Waals surface area contributed by atoms with E-state index >= 15 is 0 Å². The molecule has 2 rings (SSSR count). The molecule has 0 bridgehead atoms. The smallest absolute Gasteiger partial charge is 0.191 e. The van der Waals surface area contributed by atoms with Gasteiger partial charge in [0, 0.05) is 6.54 Å². The van der Waals surface area contributed by atoms with Crippen molar-refractivity contribution in [3.63, 3.8) is 0 Å². The summed E-state index contributed by atoms with van der Waals surface area (Å²) in [7, 11) is 0. The molecule has 0 amide bonds. The van der Waals surface area contributed by atoms with Crippen LogP contribution < -0.4 is 5.73 Å². The number of benzene rings is 1. The van der Waals surface area contributed by atoms with Crippen LogP contribution in [-0.4, -0.2) is 23.4 Å². The van der Waals surface area contributed by atoms with Gasteiger partial charge in [-0.1, -0.05) is 43.7 Å². The molecule has 0 spiro atoms. The Hall–Kier alpha value is -1.51. The van der Waals surface area contributed by atoms with Gasteiger partial charge in [-0.3, -0.25) is 4.99 Å². The van der Waals surface area contributed by atoms with E-state index in [9.17, 15) is 0 Å². The Morgan fingerprint density at radius 1 is 1.38 bits per heavy atom. The number of guanidine groups is 1. The van der Waals surface area contributed by atoms with Crippen molar-refractivity contribution in [2.24, 2.45) is 10.7 Å². The molecular formula is C13H19N3. The summed E-state index contributed by atoms with van der Waals surface area (Å²) >= 11 is 0. The molecule has 1 aliphatic rings. The Kier molecular flexibility index (Phi) is 3.44. The molecule has 0 fully saturated rings. The summed E-state index contributed by atoms with van der Waals surface area (Å²) in [6.07, 6.45) is 2.34. The molecule has 0 saturated heterocycles. The number of aliphatic imine (C=N–C) groups is 1. The van der Waals surface area contributed by atoms with E-state index in [1.54, 1.807) is 0 Å². The zero-order valence-corrected chi connectivity index (χ0v) is 9.76. The topological polar surface area (TPSA) is 41.6 Å². The van der Waals surface area contributed by atoms with Crippen molar-refractivity contribution in [1.82, 2.24) is 4.90 Å². The van der Waals surface area contributed by atoms with Gasteiger partial charge in [0.25, 0.3) is 0 Å². The van der Waals surface area contributed by atoms with Crippen molar-refractivity contribution in [3.05, 3.63) is 35.9 Å². The SMILES string of the molecule is CCCC1CN=C(N)N1Cc1ccccc1. The van der Waals surface area contributed by atoms with Crippen LogP contribution in [0.5, 0.6) is 0 Å². The maximum atomic E-state index is 5.92. The van der Waals surface area contributed by atoms with Crippen LogP contribution in [0, 0.1) is 0 Å². The summed E-state index contributed by atoms with van der Waals surface area (Å²) in [6, 6.07) is 10.9. The number of rotatable bonds is 4. The van der Waals surface area contributed by atoms with Crippen LogP contribution >= 0.6 is 0 Å². The van der Waals surface area contributed by atoms with E-state index in [1.807, 2.05) is 6.07 Å². The Bertz CT molecular complexity index is 359. The molecule has 0 radical (unpaired) electrons. The summed E-state index contributed by atoms with van der Waals surface area (Å²) in [5.41, 5.74) is 7.22. The maximum absolute atomic E-state index is 5.92.